The fourth-order valence-corrected chi connectivity index (χ4v) is 2.95. The monoisotopic (exact) mass is 310 g/mol. The van der Waals surface area contributed by atoms with E-state index < -0.39 is 5.97 Å². The summed E-state index contributed by atoms with van der Waals surface area (Å²) in [6, 6.07) is 16.9. The molecule has 0 fully saturated rings. The molecule has 2 aromatic carbocycles. The summed E-state index contributed by atoms with van der Waals surface area (Å²) in [6.45, 7) is 1.68. The number of hydrogen-bond acceptors (Lipinski definition) is 4. The number of esters is 1. The molecule has 0 amide bonds. The molecule has 1 aromatic heterocycles. The van der Waals surface area contributed by atoms with E-state index in [1.54, 1.807) is 12.1 Å². The van der Waals surface area contributed by atoms with E-state index in [4.69, 9.17) is 4.74 Å². The van der Waals surface area contributed by atoms with Crippen molar-refractivity contribution in [2.45, 2.75) is 6.92 Å². The van der Waals surface area contributed by atoms with E-state index in [9.17, 15) is 9.59 Å². The van der Waals surface area contributed by atoms with E-state index in [0.717, 1.165) is 15.6 Å². The van der Waals surface area contributed by atoms with E-state index in [2.05, 4.69) is 0 Å². The van der Waals surface area contributed by atoms with Gasteiger partial charge >= 0.3 is 5.97 Å². The number of carbonyl (C=O) groups excluding carboxylic acids is 2. The standard InChI is InChI=1S/C18H14O3S/c1-12-6-9-17(22-12)18(20)21-11-16(19)15-8-7-13-4-2-3-5-14(13)10-15/h2-10H,11H2,1H3. The topological polar surface area (TPSA) is 43.4 Å². The average Bonchev–Trinajstić information content (AvgIpc) is 2.98. The molecule has 0 unspecified atom stereocenters. The number of aryl methyl sites for hydroxylation is 1. The Labute approximate surface area is 132 Å². The Balaban J connectivity index is 1.69. The van der Waals surface area contributed by atoms with Crippen molar-refractivity contribution < 1.29 is 14.3 Å². The maximum absolute atomic E-state index is 12.2. The quantitative estimate of drug-likeness (QED) is 0.534. The maximum atomic E-state index is 12.2. The van der Waals surface area contributed by atoms with Crippen molar-refractivity contribution in [2.24, 2.45) is 0 Å². The summed E-state index contributed by atoms with van der Waals surface area (Å²) in [5.41, 5.74) is 0.550. The molecule has 0 saturated carbocycles. The van der Waals surface area contributed by atoms with Crippen molar-refractivity contribution in [1.29, 1.82) is 0 Å². The van der Waals surface area contributed by atoms with Crippen LogP contribution >= 0.6 is 11.3 Å². The molecule has 0 bridgehead atoms. The number of hydrogen-bond donors (Lipinski definition) is 0. The van der Waals surface area contributed by atoms with Crippen LogP contribution in [-0.4, -0.2) is 18.4 Å². The molecule has 0 aliphatic heterocycles. The third-order valence-electron chi connectivity index (χ3n) is 3.35. The molecule has 0 N–H and O–H groups in total. The molecule has 4 heteroatoms. The molecule has 3 aromatic rings. The second kappa shape index (κ2) is 6.12. The summed E-state index contributed by atoms with van der Waals surface area (Å²) in [5, 5.41) is 2.07. The van der Waals surface area contributed by atoms with Crippen molar-refractivity contribution >= 4 is 33.9 Å². The number of fused-ring (bicyclic) bond motifs is 1. The third-order valence-corrected chi connectivity index (χ3v) is 4.33. The lowest BCUT2D eigenvalue weighted by Gasteiger charge is -2.04. The van der Waals surface area contributed by atoms with Crippen LogP contribution in [0.15, 0.2) is 54.6 Å². The van der Waals surface area contributed by atoms with Gasteiger partial charge < -0.3 is 4.74 Å². The van der Waals surface area contributed by atoms with Crippen LogP contribution in [0, 0.1) is 6.92 Å². The second-order valence-corrected chi connectivity index (χ2v) is 6.26. The minimum absolute atomic E-state index is 0.201. The van der Waals surface area contributed by atoms with Crippen LogP contribution in [0.2, 0.25) is 0 Å². The molecule has 0 aliphatic rings. The van der Waals surface area contributed by atoms with Gasteiger partial charge in [-0.05, 0) is 35.9 Å². The summed E-state index contributed by atoms with van der Waals surface area (Å²) < 4.78 is 5.09. The van der Waals surface area contributed by atoms with Crippen molar-refractivity contribution in [3.63, 3.8) is 0 Å². The SMILES string of the molecule is Cc1ccc(C(=O)OCC(=O)c2ccc3ccccc3c2)s1. The van der Waals surface area contributed by atoms with E-state index in [1.165, 1.54) is 11.3 Å². The highest BCUT2D eigenvalue weighted by Crippen LogP contribution is 2.18. The van der Waals surface area contributed by atoms with Crippen LogP contribution in [0.25, 0.3) is 10.8 Å². The van der Waals surface area contributed by atoms with Crippen LogP contribution in [0.5, 0.6) is 0 Å². The number of benzene rings is 2. The number of ketones is 1. The second-order valence-electron chi connectivity index (χ2n) is 4.97. The molecule has 3 rings (SSSR count). The minimum Gasteiger partial charge on any atom is -0.453 e. The predicted octanol–water partition coefficient (Wildman–Crippen LogP) is 4.25. The number of ether oxygens (including phenoxy) is 1. The lowest BCUT2D eigenvalue weighted by atomic mass is 10.0. The van der Waals surface area contributed by atoms with Gasteiger partial charge in [0, 0.05) is 10.4 Å². The van der Waals surface area contributed by atoms with Crippen LogP contribution in [0.1, 0.15) is 24.9 Å². The van der Waals surface area contributed by atoms with Crippen molar-refractivity contribution in [2.75, 3.05) is 6.61 Å². The Morgan fingerprint density at radius 2 is 1.77 bits per heavy atom. The van der Waals surface area contributed by atoms with Gasteiger partial charge in [0.25, 0.3) is 0 Å². The Hall–Kier alpha value is -2.46. The van der Waals surface area contributed by atoms with E-state index >= 15 is 0 Å². The fraction of sp³-hybridized carbons (Fsp3) is 0.111. The molecule has 22 heavy (non-hydrogen) atoms. The highest BCUT2D eigenvalue weighted by Gasteiger charge is 2.13. The molecule has 1 heterocycles. The largest absolute Gasteiger partial charge is 0.453 e. The van der Waals surface area contributed by atoms with Gasteiger partial charge in [-0.25, -0.2) is 4.79 Å². The smallest absolute Gasteiger partial charge is 0.348 e. The van der Waals surface area contributed by atoms with Crippen molar-refractivity contribution in [1.82, 2.24) is 0 Å². The number of Topliss-reactive ketones (excluding diaryl/α,β-unsaturated/α-hetero) is 1. The van der Waals surface area contributed by atoms with Crippen LogP contribution in [-0.2, 0) is 4.74 Å². The highest BCUT2D eigenvalue weighted by atomic mass is 32.1. The van der Waals surface area contributed by atoms with Gasteiger partial charge in [0.1, 0.15) is 4.88 Å². The first kappa shape index (κ1) is 14.5. The minimum atomic E-state index is -0.452. The molecule has 0 aliphatic carbocycles. The highest BCUT2D eigenvalue weighted by molar-refractivity contribution is 7.13. The Morgan fingerprint density at radius 3 is 2.50 bits per heavy atom. The lowest BCUT2D eigenvalue weighted by molar-refractivity contribution is 0.0479. The van der Waals surface area contributed by atoms with Gasteiger partial charge in [-0.3, -0.25) is 4.79 Å². The molecule has 110 valence electrons. The van der Waals surface area contributed by atoms with E-state index in [-0.39, 0.29) is 12.4 Å². The summed E-state index contributed by atoms with van der Waals surface area (Å²) in [4.78, 5) is 25.6. The lowest BCUT2D eigenvalue weighted by Crippen LogP contribution is -2.13. The first-order chi connectivity index (χ1) is 10.6. The van der Waals surface area contributed by atoms with Gasteiger partial charge in [-0.2, -0.15) is 0 Å². The van der Waals surface area contributed by atoms with Crippen molar-refractivity contribution in [3.8, 4) is 0 Å². The number of rotatable bonds is 4. The van der Waals surface area contributed by atoms with Gasteiger partial charge in [0.05, 0.1) is 0 Å². The zero-order valence-corrected chi connectivity index (χ0v) is 12.9. The molecule has 3 nitrogen and oxygen atoms in total. The first-order valence-electron chi connectivity index (χ1n) is 6.89. The fourth-order valence-electron chi connectivity index (χ4n) is 2.19. The Kier molecular flexibility index (Phi) is 4.02. The molecular formula is C18H14O3S. The van der Waals surface area contributed by atoms with Crippen LogP contribution in [0.4, 0.5) is 0 Å². The van der Waals surface area contributed by atoms with E-state index in [0.29, 0.717) is 10.4 Å². The van der Waals surface area contributed by atoms with Crippen LogP contribution in [0.3, 0.4) is 0 Å². The Bertz CT molecular complexity index is 848. The summed E-state index contributed by atoms with van der Waals surface area (Å²) in [6.07, 6.45) is 0. The molecule has 0 spiro atoms. The third kappa shape index (κ3) is 3.07. The first-order valence-corrected chi connectivity index (χ1v) is 7.71. The zero-order chi connectivity index (χ0) is 15.5. The summed E-state index contributed by atoms with van der Waals surface area (Å²) in [7, 11) is 0. The Morgan fingerprint density at radius 1 is 1.00 bits per heavy atom. The van der Waals surface area contributed by atoms with Gasteiger partial charge in [0.15, 0.2) is 12.4 Å². The summed E-state index contributed by atoms with van der Waals surface area (Å²) >= 11 is 1.36. The predicted molar refractivity (Wildman–Crippen MR) is 87.6 cm³/mol. The van der Waals surface area contributed by atoms with Gasteiger partial charge in [0.2, 0.25) is 0 Å². The summed E-state index contributed by atoms with van der Waals surface area (Å²) in [5.74, 6) is -0.653. The molecular weight excluding hydrogens is 296 g/mol. The molecule has 0 radical (unpaired) electrons. The number of thiophene rings is 1. The van der Waals surface area contributed by atoms with Crippen LogP contribution < -0.4 is 0 Å². The normalized spacial score (nSPS) is 10.6. The van der Waals surface area contributed by atoms with Crippen molar-refractivity contribution in [3.05, 3.63) is 69.9 Å². The maximum Gasteiger partial charge on any atom is 0.348 e. The zero-order valence-electron chi connectivity index (χ0n) is 12.0. The van der Waals surface area contributed by atoms with E-state index in [1.807, 2.05) is 49.4 Å². The number of carbonyl (C=O) groups is 2. The van der Waals surface area contributed by atoms with Gasteiger partial charge in [-0.15, -0.1) is 11.3 Å². The molecule has 0 saturated heterocycles. The average molecular weight is 310 g/mol. The van der Waals surface area contributed by atoms with Gasteiger partial charge in [-0.1, -0.05) is 36.4 Å². The molecule has 0 atom stereocenters.